The van der Waals surface area contributed by atoms with Gasteiger partial charge in [0.05, 0.1) is 10.6 Å². The molecule has 0 fully saturated rings. The highest BCUT2D eigenvalue weighted by atomic mass is 35.5. The van der Waals surface area contributed by atoms with Crippen LogP contribution in [0, 0.1) is 17.0 Å². The number of nitrogens with one attached hydrogen (secondary N) is 3. The maximum Gasteiger partial charge on any atom is 0.270 e. The van der Waals surface area contributed by atoms with E-state index >= 15 is 0 Å². The van der Waals surface area contributed by atoms with E-state index in [0.29, 0.717) is 10.7 Å². The van der Waals surface area contributed by atoms with Gasteiger partial charge < -0.3 is 5.32 Å². The zero-order valence-corrected chi connectivity index (χ0v) is 19.0. The molecule has 3 N–H and O–H groups in total. The van der Waals surface area contributed by atoms with Crippen molar-refractivity contribution >= 4 is 56.0 Å². The predicted molar refractivity (Wildman–Crippen MR) is 122 cm³/mol. The van der Waals surface area contributed by atoms with E-state index in [9.17, 15) is 18.5 Å². The van der Waals surface area contributed by atoms with Crippen LogP contribution in [0.1, 0.15) is 19.4 Å². The highest BCUT2D eigenvalue weighted by Crippen LogP contribution is 2.29. The second kappa shape index (κ2) is 10.0. The first-order chi connectivity index (χ1) is 14.1. The van der Waals surface area contributed by atoms with E-state index in [1.807, 2.05) is 6.92 Å². The van der Waals surface area contributed by atoms with Gasteiger partial charge in [0.2, 0.25) is 10.0 Å². The van der Waals surface area contributed by atoms with Crippen LogP contribution >= 0.6 is 23.8 Å². The number of nitro groups is 1. The van der Waals surface area contributed by atoms with Crippen molar-refractivity contribution in [2.45, 2.75) is 25.7 Å². The van der Waals surface area contributed by atoms with Crippen molar-refractivity contribution in [1.29, 1.82) is 0 Å². The number of benzene rings is 2. The minimum absolute atomic E-state index is 0.125. The lowest BCUT2D eigenvalue weighted by atomic mass is 10.2. The first-order valence-electron chi connectivity index (χ1n) is 8.98. The number of hydrazine groups is 1. The molecular weight excluding hydrogens is 450 g/mol. The molecule has 0 bridgehead atoms. The third-order valence-electron chi connectivity index (χ3n) is 4.33. The van der Waals surface area contributed by atoms with E-state index in [0.717, 1.165) is 11.6 Å². The molecule has 2 aromatic carbocycles. The predicted octanol–water partition coefficient (Wildman–Crippen LogP) is 3.90. The third-order valence-corrected chi connectivity index (χ3v) is 7.03. The molecule has 0 amide bonds. The number of thiocarbonyl (C=S) groups is 1. The Morgan fingerprint density at radius 3 is 2.47 bits per heavy atom. The number of nitro benzene ring substituents is 1. The maximum atomic E-state index is 13.0. The van der Waals surface area contributed by atoms with Crippen LogP contribution in [0.25, 0.3) is 0 Å². The number of rotatable bonds is 8. The van der Waals surface area contributed by atoms with E-state index in [1.165, 1.54) is 16.4 Å². The number of hydrogen-bond donors (Lipinski definition) is 3. The lowest BCUT2D eigenvalue weighted by Gasteiger charge is -2.21. The van der Waals surface area contributed by atoms with Gasteiger partial charge in [-0.3, -0.25) is 21.0 Å². The zero-order chi connectivity index (χ0) is 22.5. The molecule has 0 saturated heterocycles. The van der Waals surface area contributed by atoms with Crippen molar-refractivity contribution in [3.63, 3.8) is 0 Å². The van der Waals surface area contributed by atoms with Crippen LogP contribution in [0.5, 0.6) is 0 Å². The van der Waals surface area contributed by atoms with E-state index in [-0.39, 0.29) is 34.5 Å². The Hall–Kier alpha value is -2.47. The maximum absolute atomic E-state index is 13.0. The monoisotopic (exact) mass is 471 g/mol. The van der Waals surface area contributed by atoms with Crippen LogP contribution in [0.3, 0.4) is 0 Å². The van der Waals surface area contributed by atoms with Gasteiger partial charge in [-0.1, -0.05) is 31.5 Å². The molecule has 0 aliphatic carbocycles. The summed E-state index contributed by atoms with van der Waals surface area (Å²) in [4.78, 5) is 10.3. The molecule has 0 aliphatic heterocycles. The molecule has 0 saturated carbocycles. The molecule has 30 heavy (non-hydrogen) atoms. The molecule has 162 valence electrons. The summed E-state index contributed by atoms with van der Waals surface area (Å²) in [7, 11) is -3.96. The van der Waals surface area contributed by atoms with Crippen molar-refractivity contribution in [2.24, 2.45) is 0 Å². The van der Waals surface area contributed by atoms with Crippen molar-refractivity contribution in [3.8, 4) is 0 Å². The van der Waals surface area contributed by atoms with Crippen LogP contribution in [0.15, 0.2) is 41.3 Å². The Morgan fingerprint density at radius 1 is 1.20 bits per heavy atom. The summed E-state index contributed by atoms with van der Waals surface area (Å²) in [6.07, 6.45) is 0. The molecule has 0 aromatic heterocycles. The highest BCUT2D eigenvalue weighted by Gasteiger charge is 2.27. The number of non-ortho nitro benzene ring substituents is 1. The standard InChI is InChI=1S/C18H22ClN5O4S2/c1-4-23(5-2)30(27,28)17-11-13(24(25)26)9-10-16(17)21-22-18(29)20-15-8-6-7-14(19)12(15)3/h6-11,21H,4-5H2,1-3H3,(H2,20,22,29). The Bertz CT molecular complexity index is 1060. The molecule has 0 unspecified atom stereocenters. The van der Waals surface area contributed by atoms with E-state index in [4.69, 9.17) is 23.8 Å². The summed E-state index contributed by atoms with van der Waals surface area (Å²) in [5.41, 5.74) is 6.70. The van der Waals surface area contributed by atoms with Crippen molar-refractivity contribution < 1.29 is 13.3 Å². The lowest BCUT2D eigenvalue weighted by Crippen LogP contribution is -2.35. The van der Waals surface area contributed by atoms with Gasteiger partial charge in [-0.15, -0.1) is 0 Å². The summed E-state index contributed by atoms with van der Waals surface area (Å²) in [6.45, 7) is 5.66. The number of hydrogen-bond acceptors (Lipinski definition) is 6. The number of anilines is 2. The fraction of sp³-hybridized carbons (Fsp3) is 0.278. The molecule has 0 spiro atoms. The molecular formula is C18H22ClN5O4S2. The number of sulfonamides is 1. The Kier molecular flexibility index (Phi) is 7.96. The molecule has 2 rings (SSSR count). The summed E-state index contributed by atoms with van der Waals surface area (Å²) < 4.78 is 27.2. The summed E-state index contributed by atoms with van der Waals surface area (Å²) >= 11 is 11.3. The van der Waals surface area contributed by atoms with Crippen LogP contribution in [-0.2, 0) is 10.0 Å². The average Bonchev–Trinajstić information content (AvgIpc) is 2.70. The largest absolute Gasteiger partial charge is 0.331 e. The van der Waals surface area contributed by atoms with Crippen molar-refractivity contribution in [1.82, 2.24) is 9.73 Å². The third kappa shape index (κ3) is 5.36. The summed E-state index contributed by atoms with van der Waals surface area (Å²) in [5, 5.41) is 14.8. The minimum Gasteiger partial charge on any atom is -0.331 e. The average molecular weight is 472 g/mol. The van der Waals surface area contributed by atoms with E-state index in [1.54, 1.807) is 32.0 Å². The smallest absolute Gasteiger partial charge is 0.270 e. The molecule has 0 aliphatic rings. The van der Waals surface area contributed by atoms with Gasteiger partial charge in [-0.25, -0.2) is 8.42 Å². The van der Waals surface area contributed by atoms with Gasteiger partial charge in [0, 0.05) is 35.9 Å². The summed E-state index contributed by atoms with van der Waals surface area (Å²) in [6, 6.07) is 8.85. The van der Waals surface area contributed by atoms with Crippen LogP contribution in [0.2, 0.25) is 5.02 Å². The Balaban J connectivity index is 2.29. The SMILES string of the molecule is CCN(CC)S(=O)(=O)c1cc([N+](=O)[O-])ccc1NNC(=S)Nc1cccc(Cl)c1C. The summed E-state index contributed by atoms with van der Waals surface area (Å²) in [5.74, 6) is 0. The fourth-order valence-corrected chi connectivity index (χ4v) is 4.62. The van der Waals surface area contributed by atoms with Crippen LogP contribution in [-0.4, -0.2) is 35.8 Å². The van der Waals surface area contributed by atoms with E-state index < -0.39 is 14.9 Å². The van der Waals surface area contributed by atoms with Gasteiger partial charge in [0.1, 0.15) is 4.90 Å². The zero-order valence-electron chi connectivity index (χ0n) is 16.6. The van der Waals surface area contributed by atoms with Gasteiger partial charge in [-0.05, 0) is 42.9 Å². The molecule has 0 radical (unpaired) electrons. The normalized spacial score (nSPS) is 11.2. The van der Waals surface area contributed by atoms with Gasteiger partial charge >= 0.3 is 0 Å². The Morgan fingerprint density at radius 2 is 1.87 bits per heavy atom. The molecule has 0 heterocycles. The Labute approximate surface area is 185 Å². The fourth-order valence-electron chi connectivity index (χ4n) is 2.66. The molecule has 9 nitrogen and oxygen atoms in total. The molecule has 2 aromatic rings. The first-order valence-corrected chi connectivity index (χ1v) is 11.2. The van der Waals surface area contributed by atoms with Gasteiger partial charge in [0.15, 0.2) is 5.11 Å². The van der Waals surface area contributed by atoms with Crippen LogP contribution in [0.4, 0.5) is 17.1 Å². The van der Waals surface area contributed by atoms with Crippen molar-refractivity contribution in [2.75, 3.05) is 23.8 Å². The first kappa shape index (κ1) is 23.8. The minimum atomic E-state index is -3.96. The van der Waals surface area contributed by atoms with Crippen molar-refractivity contribution in [3.05, 3.63) is 57.1 Å². The topological polar surface area (TPSA) is 117 Å². The van der Waals surface area contributed by atoms with Crippen LogP contribution < -0.4 is 16.2 Å². The lowest BCUT2D eigenvalue weighted by molar-refractivity contribution is -0.385. The van der Waals surface area contributed by atoms with E-state index in [2.05, 4.69) is 16.2 Å². The number of halogens is 1. The second-order valence-electron chi connectivity index (χ2n) is 6.14. The second-order valence-corrected chi connectivity index (χ2v) is 8.87. The highest BCUT2D eigenvalue weighted by molar-refractivity contribution is 7.89. The molecule has 12 heteroatoms. The van der Waals surface area contributed by atoms with Gasteiger partial charge in [0.25, 0.3) is 5.69 Å². The quantitative estimate of drug-likeness (QED) is 0.301. The number of nitrogens with zero attached hydrogens (tertiary/aromatic N) is 2. The molecule has 0 atom stereocenters. The van der Waals surface area contributed by atoms with Gasteiger partial charge in [-0.2, -0.15) is 4.31 Å².